The molecule has 90 valence electrons. The van der Waals surface area contributed by atoms with Gasteiger partial charge in [-0.2, -0.15) is 0 Å². The monoisotopic (exact) mass is 235 g/mol. The molecule has 1 aromatic carbocycles. The minimum Gasteiger partial charge on any atom is -0.481 e. The highest BCUT2D eigenvalue weighted by atomic mass is 16.5. The number of carbonyl (C=O) groups is 2. The van der Waals surface area contributed by atoms with E-state index in [9.17, 15) is 9.59 Å². The van der Waals surface area contributed by atoms with Crippen LogP contribution < -0.4 is 5.73 Å². The lowest BCUT2D eigenvalue weighted by Gasteiger charge is -2.04. The van der Waals surface area contributed by atoms with E-state index in [1.165, 1.54) is 13.2 Å². The zero-order chi connectivity index (χ0) is 12.8. The number of carboxylic acids is 1. The lowest BCUT2D eigenvalue weighted by atomic mass is 10.1. The summed E-state index contributed by atoms with van der Waals surface area (Å²) in [6.45, 7) is 0. The summed E-state index contributed by atoms with van der Waals surface area (Å²) >= 11 is 0. The first-order chi connectivity index (χ1) is 8.04. The van der Waals surface area contributed by atoms with Gasteiger partial charge in [0.25, 0.3) is 0 Å². The second-order valence-electron chi connectivity index (χ2n) is 3.34. The number of esters is 1. The first-order valence-corrected chi connectivity index (χ1v) is 4.90. The van der Waals surface area contributed by atoms with Gasteiger partial charge < -0.3 is 15.6 Å². The Morgan fingerprint density at radius 2 is 2.18 bits per heavy atom. The minimum atomic E-state index is -0.902. The lowest BCUT2D eigenvalue weighted by molar-refractivity contribution is -0.135. The maximum atomic E-state index is 11.3. The van der Waals surface area contributed by atoms with Gasteiger partial charge in [0, 0.05) is 5.69 Å². The third-order valence-electron chi connectivity index (χ3n) is 2.08. The first-order valence-electron chi connectivity index (χ1n) is 4.90. The van der Waals surface area contributed by atoms with Gasteiger partial charge in [0.1, 0.15) is 0 Å². The van der Waals surface area contributed by atoms with E-state index in [2.05, 4.69) is 4.74 Å². The Morgan fingerprint density at radius 1 is 1.47 bits per heavy atom. The number of aliphatic carboxylic acids is 1. The van der Waals surface area contributed by atoms with Crippen molar-refractivity contribution in [3.05, 3.63) is 35.4 Å². The third-order valence-corrected chi connectivity index (χ3v) is 2.08. The van der Waals surface area contributed by atoms with Crippen molar-refractivity contribution in [3.63, 3.8) is 0 Å². The summed E-state index contributed by atoms with van der Waals surface area (Å²) < 4.78 is 4.55. The average molecular weight is 235 g/mol. The van der Waals surface area contributed by atoms with Gasteiger partial charge in [-0.05, 0) is 17.7 Å². The van der Waals surface area contributed by atoms with Crippen LogP contribution in [0.15, 0.2) is 24.3 Å². The molecule has 3 N–H and O–H groups in total. The Bertz CT molecular complexity index is 466. The summed E-state index contributed by atoms with van der Waals surface area (Å²) in [5, 5.41) is 8.46. The molecule has 0 saturated heterocycles. The molecule has 0 saturated carbocycles. The van der Waals surface area contributed by atoms with Crippen molar-refractivity contribution in [2.24, 2.45) is 0 Å². The van der Waals surface area contributed by atoms with E-state index in [0.717, 1.165) is 5.56 Å². The average Bonchev–Trinajstić information content (AvgIpc) is 2.28. The van der Waals surface area contributed by atoms with Crippen LogP contribution in [0.2, 0.25) is 0 Å². The molecular formula is C12H13NO4. The summed E-state index contributed by atoms with van der Waals surface area (Å²) in [7, 11) is 1.28. The highest BCUT2D eigenvalue weighted by Gasteiger charge is 2.08. The summed E-state index contributed by atoms with van der Waals surface area (Å²) in [5.74, 6) is -1.40. The number of carboxylic acid groups (broad SMARTS) is 1. The number of nitrogens with two attached hydrogens (primary N) is 1. The SMILES string of the molecule is COC(=O)c1ccc(C=CCC(=O)O)cc1N. The normalized spacial score (nSPS) is 10.4. The molecule has 0 unspecified atom stereocenters. The van der Waals surface area contributed by atoms with E-state index in [1.807, 2.05) is 0 Å². The molecule has 17 heavy (non-hydrogen) atoms. The number of rotatable bonds is 4. The summed E-state index contributed by atoms with van der Waals surface area (Å²) in [6, 6.07) is 4.80. The molecule has 0 spiro atoms. The third kappa shape index (κ3) is 3.64. The molecule has 0 amide bonds. The molecule has 0 aliphatic carbocycles. The van der Waals surface area contributed by atoms with Crippen LogP contribution in [-0.2, 0) is 9.53 Å². The fourth-order valence-electron chi connectivity index (χ4n) is 1.28. The van der Waals surface area contributed by atoms with Crippen molar-refractivity contribution in [2.45, 2.75) is 6.42 Å². The van der Waals surface area contributed by atoms with Gasteiger partial charge in [-0.3, -0.25) is 4.79 Å². The predicted molar refractivity (Wildman–Crippen MR) is 63.5 cm³/mol. The number of benzene rings is 1. The summed E-state index contributed by atoms with van der Waals surface area (Å²) in [6.07, 6.45) is 3.08. The number of ether oxygens (including phenoxy) is 1. The van der Waals surface area contributed by atoms with Gasteiger partial charge in [0.05, 0.1) is 19.1 Å². The van der Waals surface area contributed by atoms with Crippen molar-refractivity contribution in [1.82, 2.24) is 0 Å². The maximum absolute atomic E-state index is 11.3. The van der Waals surface area contributed by atoms with Crippen molar-refractivity contribution in [1.29, 1.82) is 0 Å². The van der Waals surface area contributed by atoms with E-state index in [1.54, 1.807) is 24.3 Å². The van der Waals surface area contributed by atoms with E-state index in [-0.39, 0.29) is 6.42 Å². The van der Waals surface area contributed by atoms with E-state index in [0.29, 0.717) is 11.3 Å². The van der Waals surface area contributed by atoms with E-state index >= 15 is 0 Å². The van der Waals surface area contributed by atoms with Crippen LogP contribution >= 0.6 is 0 Å². The standard InChI is InChI=1S/C12H13NO4/c1-17-12(16)9-6-5-8(7-10(9)13)3-2-4-11(14)15/h2-3,5-7H,4,13H2,1H3,(H,14,15). The van der Waals surface area contributed by atoms with Crippen LogP contribution in [0.25, 0.3) is 6.08 Å². The second-order valence-corrected chi connectivity index (χ2v) is 3.34. The first kappa shape index (κ1) is 12.8. The molecule has 0 radical (unpaired) electrons. The molecule has 1 aromatic rings. The van der Waals surface area contributed by atoms with Crippen molar-refractivity contribution in [3.8, 4) is 0 Å². The topological polar surface area (TPSA) is 89.6 Å². The Hall–Kier alpha value is -2.30. The molecule has 0 atom stereocenters. The molecule has 1 rings (SSSR count). The van der Waals surface area contributed by atoms with Gasteiger partial charge in [-0.15, -0.1) is 0 Å². The van der Waals surface area contributed by atoms with E-state index < -0.39 is 11.9 Å². The van der Waals surface area contributed by atoms with Crippen LogP contribution in [-0.4, -0.2) is 24.2 Å². The molecule has 0 bridgehead atoms. The van der Waals surface area contributed by atoms with Crippen molar-refractivity contribution < 1.29 is 19.4 Å². The van der Waals surface area contributed by atoms with Gasteiger partial charge in [0.2, 0.25) is 0 Å². The quantitative estimate of drug-likeness (QED) is 0.610. The minimum absolute atomic E-state index is 0.0569. The number of carbonyl (C=O) groups excluding carboxylic acids is 1. The zero-order valence-corrected chi connectivity index (χ0v) is 9.34. The zero-order valence-electron chi connectivity index (χ0n) is 9.34. The Morgan fingerprint density at radius 3 is 2.71 bits per heavy atom. The van der Waals surface area contributed by atoms with Crippen molar-refractivity contribution >= 4 is 23.7 Å². The number of nitrogen functional groups attached to an aromatic ring is 1. The molecule has 0 heterocycles. The predicted octanol–water partition coefficient (Wildman–Crippen LogP) is 1.54. The Kier molecular flexibility index (Phi) is 4.28. The number of hydrogen-bond donors (Lipinski definition) is 2. The number of anilines is 1. The van der Waals surface area contributed by atoms with Gasteiger partial charge >= 0.3 is 11.9 Å². The lowest BCUT2D eigenvalue weighted by Crippen LogP contribution is -2.05. The number of methoxy groups -OCH3 is 1. The van der Waals surface area contributed by atoms with Gasteiger partial charge in [-0.25, -0.2) is 4.79 Å². The van der Waals surface area contributed by atoms with E-state index in [4.69, 9.17) is 10.8 Å². The van der Waals surface area contributed by atoms with Crippen molar-refractivity contribution in [2.75, 3.05) is 12.8 Å². The van der Waals surface area contributed by atoms with Gasteiger partial charge in [-0.1, -0.05) is 18.2 Å². The summed E-state index contributed by atoms with van der Waals surface area (Å²) in [5.41, 5.74) is 7.01. The molecular weight excluding hydrogens is 222 g/mol. The largest absolute Gasteiger partial charge is 0.481 e. The molecule has 5 nitrogen and oxygen atoms in total. The fraction of sp³-hybridized carbons (Fsp3) is 0.167. The molecule has 0 aliphatic heterocycles. The smallest absolute Gasteiger partial charge is 0.339 e. The molecule has 5 heteroatoms. The van der Waals surface area contributed by atoms with Crippen LogP contribution in [0, 0.1) is 0 Å². The van der Waals surface area contributed by atoms with Crippen LogP contribution in [0.4, 0.5) is 5.69 Å². The maximum Gasteiger partial charge on any atom is 0.339 e. The highest BCUT2D eigenvalue weighted by Crippen LogP contribution is 2.16. The second kappa shape index (κ2) is 5.69. The highest BCUT2D eigenvalue weighted by molar-refractivity contribution is 5.95. The molecule has 0 aliphatic rings. The van der Waals surface area contributed by atoms with Gasteiger partial charge in [0.15, 0.2) is 0 Å². The molecule has 0 aromatic heterocycles. The van der Waals surface area contributed by atoms with Crippen LogP contribution in [0.3, 0.4) is 0 Å². The Labute approximate surface area is 98.5 Å². The fourth-order valence-corrected chi connectivity index (χ4v) is 1.28. The number of hydrogen-bond acceptors (Lipinski definition) is 4. The Balaban J connectivity index is 2.85. The van der Waals surface area contributed by atoms with Crippen LogP contribution in [0.5, 0.6) is 0 Å². The summed E-state index contributed by atoms with van der Waals surface area (Å²) in [4.78, 5) is 21.6. The van der Waals surface area contributed by atoms with Crippen LogP contribution in [0.1, 0.15) is 22.3 Å². The molecule has 0 fully saturated rings.